The van der Waals surface area contributed by atoms with Crippen LogP contribution in [0.25, 0.3) is 16.5 Å². The Balaban J connectivity index is 2.71. The van der Waals surface area contributed by atoms with E-state index in [-0.39, 0.29) is 5.56 Å². The first-order valence-corrected chi connectivity index (χ1v) is 4.19. The summed E-state index contributed by atoms with van der Waals surface area (Å²) in [6.07, 6.45) is 2.67. The lowest BCUT2D eigenvalue weighted by atomic mass is 9.94. The Hall–Kier alpha value is -2.39. The minimum atomic E-state index is -0.567. The molecule has 0 bridgehead atoms. The van der Waals surface area contributed by atoms with E-state index in [2.05, 4.69) is 10.0 Å². The Morgan fingerprint density at radius 3 is 2.73 bits per heavy atom. The number of fused-ring (bicyclic) bond motifs is 1. The van der Waals surface area contributed by atoms with Crippen LogP contribution >= 0.6 is 0 Å². The summed E-state index contributed by atoms with van der Waals surface area (Å²) in [4.78, 5) is 25.2. The first-order chi connectivity index (χ1) is 7.24. The largest absolute Gasteiger partial charge is 0.286 e. The first kappa shape index (κ1) is 9.18. The average molecular weight is 199 g/mol. The van der Waals surface area contributed by atoms with E-state index in [1.165, 1.54) is 18.2 Å². The molecule has 72 valence electrons. The number of azide groups is 1. The minimum absolute atomic E-state index is 0.285. The molecule has 5 nitrogen and oxygen atoms in total. The van der Waals surface area contributed by atoms with Crippen molar-refractivity contribution >= 4 is 23.3 Å². The summed E-state index contributed by atoms with van der Waals surface area (Å²) < 4.78 is 0. The molecule has 1 aliphatic rings. The van der Waals surface area contributed by atoms with Crippen LogP contribution < -0.4 is 0 Å². The second-order valence-electron chi connectivity index (χ2n) is 2.95. The van der Waals surface area contributed by atoms with Crippen LogP contribution in [0.3, 0.4) is 0 Å². The van der Waals surface area contributed by atoms with Gasteiger partial charge in [-0.05, 0) is 23.2 Å². The van der Waals surface area contributed by atoms with Gasteiger partial charge in [-0.2, -0.15) is 0 Å². The van der Waals surface area contributed by atoms with Crippen LogP contribution in [-0.2, 0) is 4.79 Å². The number of carbonyl (C=O) groups excluding carboxylic acids is 2. The summed E-state index contributed by atoms with van der Waals surface area (Å²) in [5.41, 5.74) is 9.46. The molecular formula is C10H5N3O2. The van der Waals surface area contributed by atoms with Gasteiger partial charge in [0.25, 0.3) is 0 Å². The van der Waals surface area contributed by atoms with Gasteiger partial charge in [-0.15, -0.1) is 0 Å². The molecule has 0 aromatic heterocycles. The molecule has 0 amide bonds. The van der Waals surface area contributed by atoms with Gasteiger partial charge in [0.1, 0.15) is 0 Å². The maximum atomic E-state index is 11.4. The molecule has 0 radical (unpaired) electrons. The predicted molar refractivity (Wildman–Crippen MR) is 53.6 cm³/mol. The Labute approximate surface area is 84.7 Å². The van der Waals surface area contributed by atoms with Crippen molar-refractivity contribution < 1.29 is 9.59 Å². The Morgan fingerprint density at radius 2 is 2.00 bits per heavy atom. The maximum Gasteiger partial charge on any atom is 0.233 e. The van der Waals surface area contributed by atoms with Gasteiger partial charge in [0.15, 0.2) is 0 Å². The topological polar surface area (TPSA) is 82.9 Å². The smallest absolute Gasteiger partial charge is 0.233 e. The lowest BCUT2D eigenvalue weighted by Gasteiger charge is -2.09. The molecule has 0 heterocycles. The minimum Gasteiger partial charge on any atom is -0.286 e. The van der Waals surface area contributed by atoms with Crippen LogP contribution in [0, 0.1) is 0 Å². The van der Waals surface area contributed by atoms with Crippen molar-refractivity contribution in [2.45, 2.75) is 0 Å². The summed E-state index contributed by atoms with van der Waals surface area (Å²) in [6.45, 7) is 0. The third-order valence-corrected chi connectivity index (χ3v) is 2.11. The van der Waals surface area contributed by atoms with Gasteiger partial charge in [0.2, 0.25) is 11.6 Å². The highest BCUT2D eigenvalue weighted by atomic mass is 16.2. The van der Waals surface area contributed by atoms with Gasteiger partial charge in [0.05, 0.1) is 0 Å². The second-order valence-corrected chi connectivity index (χ2v) is 2.95. The Morgan fingerprint density at radius 1 is 1.20 bits per heavy atom. The standard InChI is InChI=1S/C10H5N3O2/c11-13-12-8-3-1-2-7-6(8)4-5-9(14)10(7)15/h1-5H. The van der Waals surface area contributed by atoms with Crippen LogP contribution in [0.5, 0.6) is 0 Å². The molecule has 0 unspecified atom stereocenters. The number of hydrogen-bond acceptors (Lipinski definition) is 3. The number of rotatable bonds is 1. The lowest BCUT2D eigenvalue weighted by molar-refractivity contribution is -0.110. The van der Waals surface area contributed by atoms with Crippen LogP contribution in [0.4, 0.5) is 5.69 Å². The van der Waals surface area contributed by atoms with Crippen LogP contribution in [0.1, 0.15) is 15.9 Å². The van der Waals surface area contributed by atoms with Crippen LogP contribution in [0.15, 0.2) is 29.4 Å². The third kappa shape index (κ3) is 1.41. The number of Topliss-reactive ketones (excluding diaryl/α,β-unsaturated/α-hetero) is 1. The van der Waals surface area contributed by atoms with E-state index in [1.54, 1.807) is 12.1 Å². The van der Waals surface area contributed by atoms with Gasteiger partial charge in [-0.3, -0.25) is 9.59 Å². The van der Waals surface area contributed by atoms with E-state index in [0.717, 1.165) is 0 Å². The molecule has 0 atom stereocenters. The zero-order chi connectivity index (χ0) is 10.8. The predicted octanol–water partition coefficient (Wildman–Crippen LogP) is 2.41. The van der Waals surface area contributed by atoms with Crippen molar-refractivity contribution in [2.24, 2.45) is 5.11 Å². The molecule has 1 aromatic carbocycles. The molecule has 0 saturated carbocycles. The summed E-state index contributed by atoms with van der Waals surface area (Å²) in [7, 11) is 0. The van der Waals surface area contributed by atoms with Gasteiger partial charge in [0, 0.05) is 16.2 Å². The van der Waals surface area contributed by atoms with Crippen LogP contribution in [-0.4, -0.2) is 11.6 Å². The fourth-order valence-corrected chi connectivity index (χ4v) is 1.43. The summed E-state index contributed by atoms with van der Waals surface area (Å²) in [5.74, 6) is -1.12. The number of carbonyl (C=O) groups is 2. The molecule has 0 saturated heterocycles. The molecular weight excluding hydrogens is 194 g/mol. The molecule has 1 aromatic rings. The molecule has 5 heteroatoms. The summed E-state index contributed by atoms with van der Waals surface area (Å²) in [5, 5.41) is 3.45. The summed E-state index contributed by atoms with van der Waals surface area (Å²) in [6, 6.07) is 4.70. The lowest BCUT2D eigenvalue weighted by Crippen LogP contribution is -2.15. The van der Waals surface area contributed by atoms with Gasteiger partial charge < -0.3 is 0 Å². The summed E-state index contributed by atoms with van der Waals surface area (Å²) >= 11 is 0. The van der Waals surface area contributed by atoms with Gasteiger partial charge >= 0.3 is 0 Å². The van der Waals surface area contributed by atoms with E-state index < -0.39 is 11.6 Å². The number of benzene rings is 1. The number of nitrogens with zero attached hydrogens (tertiary/aromatic N) is 3. The molecule has 0 spiro atoms. The van der Waals surface area contributed by atoms with Crippen molar-refractivity contribution in [3.63, 3.8) is 0 Å². The van der Waals surface area contributed by atoms with Gasteiger partial charge in [-0.1, -0.05) is 23.3 Å². The van der Waals surface area contributed by atoms with Crippen molar-refractivity contribution in [3.05, 3.63) is 45.8 Å². The first-order valence-electron chi connectivity index (χ1n) is 4.19. The van der Waals surface area contributed by atoms with Crippen molar-refractivity contribution in [1.82, 2.24) is 0 Å². The normalized spacial score (nSPS) is 13.3. The zero-order valence-corrected chi connectivity index (χ0v) is 7.54. The van der Waals surface area contributed by atoms with E-state index in [4.69, 9.17) is 5.53 Å². The third-order valence-electron chi connectivity index (χ3n) is 2.11. The maximum absolute atomic E-state index is 11.4. The molecule has 2 rings (SSSR count). The highest BCUT2D eigenvalue weighted by Gasteiger charge is 2.21. The van der Waals surface area contributed by atoms with Crippen LogP contribution in [0.2, 0.25) is 0 Å². The molecule has 15 heavy (non-hydrogen) atoms. The highest BCUT2D eigenvalue weighted by Crippen LogP contribution is 2.27. The quantitative estimate of drug-likeness (QED) is 0.301. The number of hydrogen-bond donors (Lipinski definition) is 0. The van der Waals surface area contributed by atoms with Crippen molar-refractivity contribution in [1.29, 1.82) is 0 Å². The average Bonchev–Trinajstić information content (AvgIpc) is 2.25. The van der Waals surface area contributed by atoms with Gasteiger partial charge in [-0.25, -0.2) is 0 Å². The molecule has 0 N–H and O–H groups in total. The zero-order valence-electron chi connectivity index (χ0n) is 7.54. The second kappa shape index (κ2) is 3.40. The molecule has 1 aliphatic carbocycles. The molecule has 0 fully saturated rings. The Kier molecular flexibility index (Phi) is 2.08. The Bertz CT molecular complexity index is 540. The van der Waals surface area contributed by atoms with E-state index in [1.807, 2.05) is 0 Å². The van der Waals surface area contributed by atoms with Crippen molar-refractivity contribution in [2.75, 3.05) is 0 Å². The number of ketones is 2. The highest BCUT2D eigenvalue weighted by molar-refractivity contribution is 6.50. The van der Waals surface area contributed by atoms with Crippen molar-refractivity contribution in [3.8, 4) is 0 Å². The fourth-order valence-electron chi connectivity index (χ4n) is 1.43. The molecule has 0 aliphatic heterocycles. The fraction of sp³-hybridized carbons (Fsp3) is 0. The van der Waals surface area contributed by atoms with E-state index in [0.29, 0.717) is 11.3 Å². The SMILES string of the molecule is [N-]=[N+]=Nc1cccc2c1C=CC(=O)C2=O. The van der Waals surface area contributed by atoms with E-state index in [9.17, 15) is 9.59 Å². The van der Waals surface area contributed by atoms with E-state index >= 15 is 0 Å². The number of allylic oxidation sites excluding steroid dienone is 1. The monoisotopic (exact) mass is 199 g/mol.